The molecule has 4 nitrogen and oxygen atoms in total. The summed E-state index contributed by atoms with van der Waals surface area (Å²) in [5.74, 6) is 1.96. The zero-order valence-electron chi connectivity index (χ0n) is 9.06. The van der Waals surface area contributed by atoms with Crippen LogP contribution >= 0.6 is 11.6 Å². The molecule has 1 aromatic heterocycles. The van der Waals surface area contributed by atoms with Crippen molar-refractivity contribution in [2.24, 2.45) is 5.92 Å². The molecular formula is C12H11ClN2O2. The van der Waals surface area contributed by atoms with Gasteiger partial charge in [-0.3, -0.25) is 0 Å². The molecule has 0 atom stereocenters. The van der Waals surface area contributed by atoms with Gasteiger partial charge in [0.05, 0.1) is 5.02 Å². The topological polar surface area (TPSA) is 59.2 Å². The summed E-state index contributed by atoms with van der Waals surface area (Å²) in [4.78, 5) is 4.31. The van der Waals surface area contributed by atoms with E-state index in [1.165, 1.54) is 18.9 Å². The number of halogens is 1. The van der Waals surface area contributed by atoms with Crippen LogP contribution in [-0.2, 0) is 6.42 Å². The molecule has 1 aliphatic rings. The van der Waals surface area contributed by atoms with E-state index in [0.29, 0.717) is 5.89 Å². The van der Waals surface area contributed by atoms with Crippen molar-refractivity contribution in [3.63, 3.8) is 0 Å². The maximum atomic E-state index is 9.32. The van der Waals surface area contributed by atoms with E-state index in [4.69, 9.17) is 16.1 Å². The normalized spacial score (nSPS) is 15.1. The number of phenols is 1. The number of hydrogen-bond acceptors (Lipinski definition) is 4. The van der Waals surface area contributed by atoms with Crippen molar-refractivity contribution in [3.8, 4) is 17.2 Å². The molecule has 0 unspecified atom stereocenters. The fourth-order valence-corrected chi connectivity index (χ4v) is 1.85. The van der Waals surface area contributed by atoms with Gasteiger partial charge in [0, 0.05) is 12.0 Å². The van der Waals surface area contributed by atoms with Gasteiger partial charge in [0.15, 0.2) is 5.82 Å². The van der Waals surface area contributed by atoms with E-state index >= 15 is 0 Å². The molecule has 0 bridgehead atoms. The van der Waals surface area contributed by atoms with Crippen molar-refractivity contribution in [1.29, 1.82) is 0 Å². The van der Waals surface area contributed by atoms with Gasteiger partial charge in [-0.15, -0.1) is 0 Å². The first-order chi connectivity index (χ1) is 8.22. The molecule has 0 amide bonds. The first-order valence-corrected chi connectivity index (χ1v) is 5.91. The van der Waals surface area contributed by atoms with Gasteiger partial charge in [-0.1, -0.05) is 16.8 Å². The monoisotopic (exact) mass is 250 g/mol. The predicted molar refractivity (Wildman–Crippen MR) is 62.8 cm³/mol. The number of rotatable bonds is 3. The van der Waals surface area contributed by atoms with Crippen LogP contribution in [0.1, 0.15) is 18.7 Å². The second kappa shape index (κ2) is 4.04. The Bertz CT molecular complexity index is 549. The second-order valence-corrected chi connectivity index (χ2v) is 4.74. The fraction of sp³-hybridized carbons (Fsp3) is 0.333. The molecule has 17 heavy (non-hydrogen) atoms. The minimum Gasteiger partial charge on any atom is -0.506 e. The van der Waals surface area contributed by atoms with Crippen LogP contribution in [0.4, 0.5) is 0 Å². The number of nitrogens with zero attached hydrogens (tertiary/aromatic N) is 2. The first kappa shape index (κ1) is 10.6. The third kappa shape index (κ3) is 2.26. The Kier molecular flexibility index (Phi) is 2.52. The molecule has 1 aromatic carbocycles. The molecule has 2 aromatic rings. The lowest BCUT2D eigenvalue weighted by Crippen LogP contribution is -1.89. The van der Waals surface area contributed by atoms with Crippen LogP contribution in [0.25, 0.3) is 11.5 Å². The van der Waals surface area contributed by atoms with Gasteiger partial charge in [0.25, 0.3) is 5.89 Å². The molecule has 0 spiro atoms. The highest BCUT2D eigenvalue weighted by Crippen LogP contribution is 2.33. The standard InChI is InChI=1S/C12H11ClN2O2/c13-9-6-8(3-4-10(9)16)12-14-11(15-17-12)5-7-1-2-7/h3-4,6-7,16H,1-2,5H2. The van der Waals surface area contributed by atoms with Crippen molar-refractivity contribution in [1.82, 2.24) is 10.1 Å². The molecule has 1 N–H and O–H groups in total. The molecule has 0 aliphatic heterocycles. The average Bonchev–Trinajstić information content (AvgIpc) is 2.99. The van der Waals surface area contributed by atoms with Crippen molar-refractivity contribution < 1.29 is 9.63 Å². The zero-order chi connectivity index (χ0) is 11.8. The summed E-state index contributed by atoms with van der Waals surface area (Å²) < 4.78 is 5.17. The Morgan fingerprint density at radius 1 is 1.41 bits per heavy atom. The lowest BCUT2D eigenvalue weighted by molar-refractivity contribution is 0.421. The lowest BCUT2D eigenvalue weighted by Gasteiger charge is -1.97. The Morgan fingerprint density at radius 3 is 2.94 bits per heavy atom. The summed E-state index contributed by atoms with van der Waals surface area (Å²) in [5.41, 5.74) is 0.724. The van der Waals surface area contributed by atoms with Gasteiger partial charge in [-0.2, -0.15) is 4.98 Å². The van der Waals surface area contributed by atoms with E-state index < -0.39 is 0 Å². The molecule has 1 heterocycles. The summed E-state index contributed by atoms with van der Waals surface area (Å²) in [6.07, 6.45) is 3.40. The Balaban J connectivity index is 1.86. The zero-order valence-corrected chi connectivity index (χ0v) is 9.81. The molecule has 5 heteroatoms. The Hall–Kier alpha value is -1.55. The van der Waals surface area contributed by atoms with E-state index in [0.717, 1.165) is 23.7 Å². The van der Waals surface area contributed by atoms with Crippen molar-refractivity contribution in [2.45, 2.75) is 19.3 Å². The number of phenolic OH excluding ortho intramolecular Hbond substituents is 1. The van der Waals surface area contributed by atoms with E-state index in [1.807, 2.05) is 0 Å². The molecule has 1 fully saturated rings. The smallest absolute Gasteiger partial charge is 0.257 e. The predicted octanol–water partition coefficient (Wildman–Crippen LogP) is 3.05. The van der Waals surface area contributed by atoms with Gasteiger partial charge in [-0.25, -0.2) is 0 Å². The number of benzene rings is 1. The molecule has 0 saturated heterocycles. The van der Waals surface area contributed by atoms with E-state index in [9.17, 15) is 5.11 Å². The van der Waals surface area contributed by atoms with Gasteiger partial charge in [-0.05, 0) is 37.0 Å². The summed E-state index contributed by atoms with van der Waals surface area (Å²) in [6.45, 7) is 0. The number of hydrogen-bond donors (Lipinski definition) is 1. The summed E-state index contributed by atoms with van der Waals surface area (Å²) in [7, 11) is 0. The van der Waals surface area contributed by atoms with Crippen LogP contribution in [0.3, 0.4) is 0 Å². The quantitative estimate of drug-likeness (QED) is 0.910. The fourth-order valence-electron chi connectivity index (χ4n) is 1.67. The molecule has 1 aliphatic carbocycles. The SMILES string of the molecule is Oc1ccc(-c2nc(CC3CC3)no2)cc1Cl. The Morgan fingerprint density at radius 2 is 2.24 bits per heavy atom. The van der Waals surface area contributed by atoms with Crippen LogP contribution < -0.4 is 0 Å². The highest BCUT2D eigenvalue weighted by atomic mass is 35.5. The summed E-state index contributed by atoms with van der Waals surface area (Å²) >= 11 is 5.83. The third-order valence-electron chi connectivity index (χ3n) is 2.83. The molecular weight excluding hydrogens is 240 g/mol. The minimum atomic E-state index is 0.0492. The molecule has 1 saturated carbocycles. The average molecular weight is 251 g/mol. The lowest BCUT2D eigenvalue weighted by atomic mass is 10.2. The van der Waals surface area contributed by atoms with Gasteiger partial charge in [0.2, 0.25) is 0 Å². The number of aromatic nitrogens is 2. The van der Waals surface area contributed by atoms with E-state index in [1.54, 1.807) is 12.1 Å². The van der Waals surface area contributed by atoms with Crippen LogP contribution in [0, 0.1) is 5.92 Å². The maximum Gasteiger partial charge on any atom is 0.257 e. The molecule has 3 rings (SSSR count). The van der Waals surface area contributed by atoms with E-state index in [2.05, 4.69) is 10.1 Å². The highest BCUT2D eigenvalue weighted by molar-refractivity contribution is 6.32. The summed E-state index contributed by atoms with van der Waals surface area (Å²) in [6, 6.07) is 4.84. The van der Waals surface area contributed by atoms with Crippen molar-refractivity contribution in [3.05, 3.63) is 29.0 Å². The largest absolute Gasteiger partial charge is 0.506 e. The van der Waals surface area contributed by atoms with Crippen molar-refractivity contribution >= 4 is 11.6 Å². The first-order valence-electron chi connectivity index (χ1n) is 5.54. The van der Waals surface area contributed by atoms with Gasteiger partial charge in [0.1, 0.15) is 5.75 Å². The second-order valence-electron chi connectivity index (χ2n) is 4.33. The van der Waals surface area contributed by atoms with Crippen LogP contribution in [0.5, 0.6) is 5.75 Å². The van der Waals surface area contributed by atoms with E-state index in [-0.39, 0.29) is 10.8 Å². The van der Waals surface area contributed by atoms with Crippen LogP contribution in [0.2, 0.25) is 5.02 Å². The summed E-state index contributed by atoms with van der Waals surface area (Å²) in [5, 5.41) is 13.5. The minimum absolute atomic E-state index is 0.0492. The molecule has 0 radical (unpaired) electrons. The van der Waals surface area contributed by atoms with Crippen LogP contribution in [0.15, 0.2) is 22.7 Å². The Labute approximate surface area is 103 Å². The van der Waals surface area contributed by atoms with Gasteiger partial charge < -0.3 is 9.63 Å². The van der Waals surface area contributed by atoms with Crippen molar-refractivity contribution in [2.75, 3.05) is 0 Å². The third-order valence-corrected chi connectivity index (χ3v) is 3.13. The highest BCUT2D eigenvalue weighted by Gasteiger charge is 2.24. The molecule has 88 valence electrons. The number of aromatic hydroxyl groups is 1. The maximum absolute atomic E-state index is 9.32. The van der Waals surface area contributed by atoms with Gasteiger partial charge >= 0.3 is 0 Å². The van der Waals surface area contributed by atoms with Crippen LogP contribution in [-0.4, -0.2) is 15.2 Å².